The largest absolute Gasteiger partial charge is 0.370 e. The zero-order valence-corrected chi connectivity index (χ0v) is 11.2. The highest BCUT2D eigenvalue weighted by Crippen LogP contribution is 1.96. The summed E-state index contributed by atoms with van der Waals surface area (Å²) in [7, 11) is 0. The van der Waals surface area contributed by atoms with Crippen LogP contribution in [0.15, 0.2) is 0 Å². The van der Waals surface area contributed by atoms with Crippen LogP contribution in [0.5, 0.6) is 0 Å². The second-order valence-electron chi connectivity index (χ2n) is 4.13. The lowest BCUT2D eigenvalue weighted by Gasteiger charge is -1.93. The molecule has 0 aromatic rings. The maximum Gasteiger partial charge on any atom is 0.217 e. The number of hydrogen-bond donors (Lipinski definition) is 4. The number of carbonyl (C=O) groups is 2. The first-order valence-electron chi connectivity index (χ1n) is 6.51. The van der Waals surface area contributed by atoms with Crippen molar-refractivity contribution in [2.45, 2.75) is 51.4 Å². The third kappa shape index (κ3) is 24.2. The lowest BCUT2D eigenvalue weighted by atomic mass is 10.2. The Bertz CT molecular complexity index is 188. The summed E-state index contributed by atoms with van der Waals surface area (Å²) in [6.07, 6.45) is 6.78. The topological polar surface area (TPSA) is 138 Å². The highest BCUT2D eigenvalue weighted by Gasteiger charge is 1.92. The van der Waals surface area contributed by atoms with E-state index in [9.17, 15) is 9.59 Å². The molecule has 0 fully saturated rings. The first-order valence-corrected chi connectivity index (χ1v) is 6.51. The van der Waals surface area contributed by atoms with Crippen LogP contribution >= 0.6 is 0 Å². The minimum atomic E-state index is -0.216. The quantitative estimate of drug-likeness (QED) is 0.410. The molecule has 0 atom stereocenters. The fourth-order valence-corrected chi connectivity index (χ4v) is 1.24. The van der Waals surface area contributed by atoms with Crippen LogP contribution in [0.3, 0.4) is 0 Å². The van der Waals surface area contributed by atoms with Gasteiger partial charge in [0.05, 0.1) is 0 Å². The average molecular weight is 260 g/mol. The van der Waals surface area contributed by atoms with Crippen molar-refractivity contribution in [1.82, 2.24) is 0 Å². The molecule has 6 heteroatoms. The van der Waals surface area contributed by atoms with Crippen LogP contribution in [-0.4, -0.2) is 24.9 Å². The van der Waals surface area contributed by atoms with Gasteiger partial charge in [-0.15, -0.1) is 0 Å². The standard InChI is InChI=1S/2C6H14N2O/c2*7-5-3-1-2-4-6(8)9/h2*1-5,7H2,(H2,8,9). The van der Waals surface area contributed by atoms with Crippen molar-refractivity contribution in [3.63, 3.8) is 0 Å². The number of primary amides is 2. The molecule has 8 N–H and O–H groups in total. The number of unbranched alkanes of at least 4 members (excludes halogenated alkanes) is 4. The zero-order valence-electron chi connectivity index (χ0n) is 11.2. The zero-order chi connectivity index (χ0) is 14.2. The van der Waals surface area contributed by atoms with Crippen LogP contribution in [-0.2, 0) is 9.59 Å². The Hall–Kier alpha value is -1.14. The van der Waals surface area contributed by atoms with Gasteiger partial charge in [-0.1, -0.05) is 12.8 Å². The van der Waals surface area contributed by atoms with Gasteiger partial charge in [0.2, 0.25) is 11.8 Å². The van der Waals surface area contributed by atoms with Gasteiger partial charge in [0.25, 0.3) is 0 Å². The third-order valence-electron chi connectivity index (χ3n) is 2.25. The van der Waals surface area contributed by atoms with E-state index in [1.54, 1.807) is 0 Å². The van der Waals surface area contributed by atoms with E-state index in [1.807, 2.05) is 0 Å². The van der Waals surface area contributed by atoms with Gasteiger partial charge in [0, 0.05) is 12.8 Å². The average Bonchev–Trinajstić information content (AvgIpc) is 2.31. The molecule has 0 spiro atoms. The van der Waals surface area contributed by atoms with Crippen LogP contribution < -0.4 is 22.9 Å². The molecule has 0 bridgehead atoms. The monoisotopic (exact) mass is 260 g/mol. The molecule has 108 valence electrons. The van der Waals surface area contributed by atoms with E-state index in [0.717, 1.165) is 38.5 Å². The lowest BCUT2D eigenvalue weighted by molar-refractivity contribution is -0.119. The van der Waals surface area contributed by atoms with Crippen LogP contribution in [0.2, 0.25) is 0 Å². The Morgan fingerprint density at radius 1 is 0.611 bits per heavy atom. The summed E-state index contributed by atoms with van der Waals surface area (Å²) in [4.78, 5) is 20.3. The molecule has 0 rings (SSSR count). The maximum atomic E-state index is 10.2. The molecule has 0 heterocycles. The van der Waals surface area contributed by atoms with E-state index in [1.165, 1.54) is 0 Å². The molecule has 6 nitrogen and oxygen atoms in total. The van der Waals surface area contributed by atoms with Crippen LogP contribution in [0, 0.1) is 0 Å². The van der Waals surface area contributed by atoms with Gasteiger partial charge >= 0.3 is 0 Å². The van der Waals surface area contributed by atoms with Gasteiger partial charge in [0.1, 0.15) is 0 Å². The summed E-state index contributed by atoms with van der Waals surface area (Å²) in [6, 6.07) is 0. The molecule has 2 amide bonds. The fraction of sp³-hybridized carbons (Fsp3) is 0.833. The number of hydrogen-bond acceptors (Lipinski definition) is 4. The van der Waals surface area contributed by atoms with Crippen molar-refractivity contribution in [3.05, 3.63) is 0 Å². The van der Waals surface area contributed by atoms with E-state index in [0.29, 0.717) is 25.9 Å². The fourth-order valence-electron chi connectivity index (χ4n) is 1.24. The molecule has 0 aliphatic rings. The summed E-state index contributed by atoms with van der Waals surface area (Å²) in [5, 5.41) is 0. The molecule has 0 saturated carbocycles. The van der Waals surface area contributed by atoms with Crippen molar-refractivity contribution in [1.29, 1.82) is 0 Å². The second kappa shape index (κ2) is 15.9. The van der Waals surface area contributed by atoms with Crippen molar-refractivity contribution in [3.8, 4) is 0 Å². The van der Waals surface area contributed by atoms with E-state index >= 15 is 0 Å². The Morgan fingerprint density at radius 3 is 1.17 bits per heavy atom. The van der Waals surface area contributed by atoms with Gasteiger partial charge in [-0.05, 0) is 38.8 Å². The Balaban J connectivity index is 0. The van der Waals surface area contributed by atoms with E-state index in [2.05, 4.69) is 0 Å². The Labute approximate surface area is 109 Å². The molecule has 0 aromatic carbocycles. The predicted octanol–water partition coefficient (Wildman–Crippen LogP) is -0.0184. The highest BCUT2D eigenvalue weighted by atomic mass is 16.1. The number of rotatable bonds is 10. The van der Waals surface area contributed by atoms with Gasteiger partial charge < -0.3 is 22.9 Å². The maximum absolute atomic E-state index is 10.2. The first kappa shape index (κ1) is 19.2. The highest BCUT2D eigenvalue weighted by molar-refractivity contribution is 5.73. The van der Waals surface area contributed by atoms with Crippen molar-refractivity contribution >= 4 is 11.8 Å². The van der Waals surface area contributed by atoms with Gasteiger partial charge in [-0.3, -0.25) is 9.59 Å². The molecule has 18 heavy (non-hydrogen) atoms. The molecule has 0 saturated heterocycles. The van der Waals surface area contributed by atoms with Crippen LogP contribution in [0.1, 0.15) is 51.4 Å². The third-order valence-corrected chi connectivity index (χ3v) is 2.25. The first-order chi connectivity index (χ1) is 8.54. The summed E-state index contributed by atoms with van der Waals surface area (Å²) in [5.74, 6) is -0.431. The predicted molar refractivity (Wildman–Crippen MR) is 73.4 cm³/mol. The minimum Gasteiger partial charge on any atom is -0.370 e. The SMILES string of the molecule is NCCCCCC(N)=O.NCCCCCC(N)=O. The van der Waals surface area contributed by atoms with Gasteiger partial charge in [0.15, 0.2) is 0 Å². The lowest BCUT2D eigenvalue weighted by Crippen LogP contribution is -2.09. The Morgan fingerprint density at radius 2 is 0.944 bits per heavy atom. The van der Waals surface area contributed by atoms with Crippen molar-refractivity contribution < 1.29 is 9.59 Å². The number of nitrogens with two attached hydrogens (primary N) is 4. The molecular formula is C12H28N4O2. The van der Waals surface area contributed by atoms with E-state index in [4.69, 9.17) is 22.9 Å². The number of carbonyl (C=O) groups excluding carboxylic acids is 2. The summed E-state index contributed by atoms with van der Waals surface area (Å²) >= 11 is 0. The van der Waals surface area contributed by atoms with E-state index < -0.39 is 0 Å². The smallest absolute Gasteiger partial charge is 0.217 e. The molecule has 0 aliphatic carbocycles. The molecule has 0 unspecified atom stereocenters. The van der Waals surface area contributed by atoms with Crippen LogP contribution in [0.25, 0.3) is 0 Å². The van der Waals surface area contributed by atoms with Crippen molar-refractivity contribution in [2.24, 2.45) is 22.9 Å². The van der Waals surface area contributed by atoms with Crippen molar-refractivity contribution in [2.75, 3.05) is 13.1 Å². The van der Waals surface area contributed by atoms with E-state index in [-0.39, 0.29) is 11.8 Å². The molecule has 0 aromatic heterocycles. The normalized spacial score (nSPS) is 9.44. The molecule has 0 radical (unpaired) electrons. The summed E-state index contributed by atoms with van der Waals surface area (Å²) < 4.78 is 0. The second-order valence-corrected chi connectivity index (χ2v) is 4.13. The van der Waals surface area contributed by atoms with Crippen LogP contribution in [0.4, 0.5) is 0 Å². The molecular weight excluding hydrogens is 232 g/mol. The molecule has 0 aliphatic heterocycles. The Kier molecular flexibility index (Phi) is 16.9. The van der Waals surface area contributed by atoms with Gasteiger partial charge in [-0.25, -0.2) is 0 Å². The van der Waals surface area contributed by atoms with Gasteiger partial charge in [-0.2, -0.15) is 0 Å². The summed E-state index contributed by atoms with van der Waals surface area (Å²) in [6.45, 7) is 1.41. The number of amides is 2. The summed E-state index contributed by atoms with van der Waals surface area (Å²) in [5.41, 5.74) is 20.3. The minimum absolute atomic E-state index is 0.216.